The predicted molar refractivity (Wildman–Crippen MR) is 102 cm³/mol. The fourth-order valence-corrected chi connectivity index (χ4v) is 4.69. The molecule has 1 amide bonds. The van der Waals surface area contributed by atoms with Crippen LogP contribution >= 0.6 is 0 Å². The van der Waals surface area contributed by atoms with E-state index in [0.717, 1.165) is 61.8 Å². The van der Waals surface area contributed by atoms with Gasteiger partial charge in [0.2, 0.25) is 15.9 Å². The Hall–Kier alpha value is -1.40. The number of sulfonamides is 1. The molecule has 1 fully saturated rings. The highest BCUT2D eigenvalue weighted by Crippen LogP contribution is 2.25. The van der Waals surface area contributed by atoms with Gasteiger partial charge in [0, 0.05) is 11.7 Å². The van der Waals surface area contributed by atoms with E-state index in [0.29, 0.717) is 0 Å². The number of rotatable bonds is 6. The predicted octanol–water partition coefficient (Wildman–Crippen LogP) is 3.48. The van der Waals surface area contributed by atoms with Crippen molar-refractivity contribution in [2.24, 2.45) is 0 Å². The van der Waals surface area contributed by atoms with E-state index < -0.39 is 10.0 Å². The second kappa shape index (κ2) is 8.81. The molecule has 1 aromatic carbocycles. The number of anilines is 1. The van der Waals surface area contributed by atoms with Gasteiger partial charge < -0.3 is 5.32 Å². The third-order valence-electron chi connectivity index (χ3n) is 4.96. The average molecular weight is 367 g/mol. The molecule has 0 saturated heterocycles. The van der Waals surface area contributed by atoms with Gasteiger partial charge in [0.05, 0.1) is 12.8 Å². The molecule has 0 spiro atoms. The normalized spacial score (nSPS) is 16.6. The van der Waals surface area contributed by atoms with E-state index in [4.69, 9.17) is 0 Å². The molecule has 0 atom stereocenters. The number of para-hydroxylation sites is 1. The van der Waals surface area contributed by atoms with Crippen LogP contribution in [-0.2, 0) is 21.2 Å². The van der Waals surface area contributed by atoms with Gasteiger partial charge in [-0.15, -0.1) is 0 Å². The third kappa shape index (κ3) is 5.54. The molecule has 2 rings (SSSR count). The first-order valence-electron chi connectivity index (χ1n) is 9.18. The molecule has 1 N–H and O–H groups in total. The molecule has 1 aliphatic carbocycles. The summed E-state index contributed by atoms with van der Waals surface area (Å²) in [6.07, 6.45) is 8.03. The fourth-order valence-electron chi connectivity index (χ4n) is 3.59. The Morgan fingerprint density at radius 1 is 1.20 bits per heavy atom. The molecule has 25 heavy (non-hydrogen) atoms. The summed E-state index contributed by atoms with van der Waals surface area (Å²) in [4.78, 5) is 12.6. The highest BCUT2D eigenvalue weighted by Gasteiger charge is 2.29. The number of carbonyl (C=O) groups is 1. The Kier molecular flexibility index (Phi) is 7.02. The van der Waals surface area contributed by atoms with Crippen LogP contribution in [0, 0.1) is 6.92 Å². The van der Waals surface area contributed by atoms with Crippen LogP contribution in [0.1, 0.15) is 56.6 Å². The lowest BCUT2D eigenvalue weighted by molar-refractivity contribution is -0.116. The SMILES string of the molecule is CCc1cccc(C)c1NC(=O)CN(C1CCCCCC1)S(C)(=O)=O. The average Bonchev–Trinajstić information content (AvgIpc) is 2.82. The monoisotopic (exact) mass is 366 g/mol. The molecule has 1 saturated carbocycles. The van der Waals surface area contributed by atoms with E-state index in [-0.39, 0.29) is 18.5 Å². The zero-order valence-electron chi connectivity index (χ0n) is 15.5. The minimum Gasteiger partial charge on any atom is -0.324 e. The van der Waals surface area contributed by atoms with Crippen LogP contribution in [0.5, 0.6) is 0 Å². The first-order valence-corrected chi connectivity index (χ1v) is 11.0. The number of nitrogens with zero attached hydrogens (tertiary/aromatic N) is 1. The molecule has 5 nitrogen and oxygen atoms in total. The number of nitrogens with one attached hydrogen (secondary N) is 1. The highest BCUT2D eigenvalue weighted by molar-refractivity contribution is 7.88. The summed E-state index contributed by atoms with van der Waals surface area (Å²) in [6, 6.07) is 5.85. The van der Waals surface area contributed by atoms with Crippen molar-refractivity contribution in [3.8, 4) is 0 Å². The van der Waals surface area contributed by atoms with E-state index in [1.165, 1.54) is 10.6 Å². The van der Waals surface area contributed by atoms with Crippen molar-refractivity contribution in [2.75, 3.05) is 18.1 Å². The second-order valence-electron chi connectivity index (χ2n) is 6.96. The van der Waals surface area contributed by atoms with Crippen LogP contribution in [0.4, 0.5) is 5.69 Å². The smallest absolute Gasteiger partial charge is 0.239 e. The lowest BCUT2D eigenvalue weighted by Crippen LogP contribution is -2.44. The molecular weight excluding hydrogens is 336 g/mol. The van der Waals surface area contributed by atoms with Crippen LogP contribution in [-0.4, -0.2) is 37.5 Å². The van der Waals surface area contributed by atoms with Crippen LogP contribution in [0.25, 0.3) is 0 Å². The summed E-state index contributed by atoms with van der Waals surface area (Å²) in [5.41, 5.74) is 2.87. The molecule has 0 radical (unpaired) electrons. The number of hydrogen-bond acceptors (Lipinski definition) is 3. The van der Waals surface area contributed by atoms with E-state index in [2.05, 4.69) is 5.32 Å². The molecule has 0 bridgehead atoms. The number of hydrogen-bond donors (Lipinski definition) is 1. The quantitative estimate of drug-likeness (QED) is 0.784. The van der Waals surface area contributed by atoms with Gasteiger partial charge in [0.25, 0.3) is 0 Å². The van der Waals surface area contributed by atoms with Crippen LogP contribution < -0.4 is 5.32 Å². The molecule has 1 aliphatic rings. The zero-order valence-corrected chi connectivity index (χ0v) is 16.4. The highest BCUT2D eigenvalue weighted by atomic mass is 32.2. The van der Waals surface area contributed by atoms with Gasteiger partial charge in [0.1, 0.15) is 0 Å². The van der Waals surface area contributed by atoms with Crippen molar-refractivity contribution >= 4 is 21.6 Å². The van der Waals surface area contributed by atoms with E-state index in [1.54, 1.807) is 0 Å². The summed E-state index contributed by atoms with van der Waals surface area (Å²) < 4.78 is 25.9. The molecule has 140 valence electrons. The first-order chi connectivity index (χ1) is 11.8. The van der Waals surface area contributed by atoms with Gasteiger partial charge in [-0.1, -0.05) is 50.8 Å². The Morgan fingerprint density at radius 3 is 2.40 bits per heavy atom. The summed E-state index contributed by atoms with van der Waals surface area (Å²) in [7, 11) is -3.42. The Balaban J connectivity index is 2.15. The van der Waals surface area contributed by atoms with E-state index in [9.17, 15) is 13.2 Å². The molecule has 1 aromatic rings. The lowest BCUT2D eigenvalue weighted by atomic mass is 10.1. The molecule has 0 unspecified atom stereocenters. The van der Waals surface area contributed by atoms with Gasteiger partial charge in [-0.2, -0.15) is 4.31 Å². The van der Waals surface area contributed by atoms with Crippen molar-refractivity contribution in [1.82, 2.24) is 4.31 Å². The largest absolute Gasteiger partial charge is 0.324 e. The molecule has 0 heterocycles. The zero-order chi connectivity index (χ0) is 18.4. The van der Waals surface area contributed by atoms with Crippen LogP contribution in [0.15, 0.2) is 18.2 Å². The van der Waals surface area contributed by atoms with Crippen LogP contribution in [0.3, 0.4) is 0 Å². The summed E-state index contributed by atoms with van der Waals surface area (Å²) in [5.74, 6) is -0.265. The van der Waals surface area contributed by atoms with Gasteiger partial charge in [-0.25, -0.2) is 8.42 Å². The topological polar surface area (TPSA) is 66.5 Å². The van der Waals surface area contributed by atoms with E-state index in [1.807, 2.05) is 32.0 Å². The molecule has 0 aliphatic heterocycles. The summed E-state index contributed by atoms with van der Waals surface area (Å²) >= 11 is 0. The van der Waals surface area contributed by atoms with Gasteiger partial charge in [-0.3, -0.25) is 4.79 Å². The Bertz CT molecular complexity index is 693. The van der Waals surface area contributed by atoms with Gasteiger partial charge in [0.15, 0.2) is 0 Å². The summed E-state index contributed by atoms with van der Waals surface area (Å²) in [5, 5.41) is 2.94. The number of amides is 1. The van der Waals surface area contributed by atoms with Crippen molar-refractivity contribution in [1.29, 1.82) is 0 Å². The Morgan fingerprint density at radius 2 is 1.84 bits per heavy atom. The maximum absolute atomic E-state index is 12.6. The van der Waals surface area contributed by atoms with E-state index >= 15 is 0 Å². The third-order valence-corrected chi connectivity index (χ3v) is 6.24. The molecular formula is C19H30N2O3S. The second-order valence-corrected chi connectivity index (χ2v) is 8.90. The maximum Gasteiger partial charge on any atom is 0.239 e. The number of benzene rings is 1. The number of carbonyl (C=O) groups excluding carboxylic acids is 1. The summed E-state index contributed by atoms with van der Waals surface area (Å²) in [6.45, 7) is 3.88. The Labute approximate surface area is 151 Å². The van der Waals surface area contributed by atoms with Gasteiger partial charge >= 0.3 is 0 Å². The maximum atomic E-state index is 12.6. The van der Waals surface area contributed by atoms with Gasteiger partial charge in [-0.05, 0) is 37.3 Å². The number of aryl methyl sites for hydroxylation is 2. The minimum absolute atomic E-state index is 0.0641. The fraction of sp³-hybridized carbons (Fsp3) is 0.632. The minimum atomic E-state index is -3.42. The van der Waals surface area contributed by atoms with Crippen molar-refractivity contribution in [3.05, 3.63) is 29.3 Å². The molecule has 0 aromatic heterocycles. The molecule has 6 heteroatoms. The van der Waals surface area contributed by atoms with Crippen molar-refractivity contribution < 1.29 is 13.2 Å². The standard InChI is InChI=1S/C19H30N2O3S/c1-4-16-11-9-10-15(2)19(16)20-18(22)14-21(25(3,23)24)17-12-7-5-6-8-13-17/h9-11,17H,4-8,12-14H2,1-3H3,(H,20,22). The lowest BCUT2D eigenvalue weighted by Gasteiger charge is -2.28. The van der Waals surface area contributed by atoms with Crippen LogP contribution in [0.2, 0.25) is 0 Å². The first kappa shape index (κ1) is 19.9. The van der Waals surface area contributed by atoms with Crippen molar-refractivity contribution in [3.63, 3.8) is 0 Å². The van der Waals surface area contributed by atoms with Crippen molar-refractivity contribution in [2.45, 2.75) is 64.8 Å².